The van der Waals surface area contributed by atoms with Crippen LogP contribution in [0, 0.1) is 5.82 Å². The molecule has 0 aliphatic heterocycles. The summed E-state index contributed by atoms with van der Waals surface area (Å²) in [4.78, 5) is 0. The molecule has 0 unspecified atom stereocenters. The second-order valence-electron chi connectivity index (χ2n) is 4.37. The van der Waals surface area contributed by atoms with Gasteiger partial charge in [-0.3, -0.25) is 0 Å². The van der Waals surface area contributed by atoms with Crippen molar-refractivity contribution in [1.82, 2.24) is 10.6 Å². The minimum atomic E-state index is -0.206. The zero-order chi connectivity index (χ0) is 12.7. The van der Waals surface area contributed by atoms with Crippen LogP contribution in [-0.2, 0) is 6.54 Å². The van der Waals surface area contributed by atoms with E-state index in [0.29, 0.717) is 23.2 Å². The number of rotatable bonds is 7. The van der Waals surface area contributed by atoms with Gasteiger partial charge in [0.2, 0.25) is 0 Å². The summed E-state index contributed by atoms with van der Waals surface area (Å²) >= 11 is 5.81. The fraction of sp³-hybridized carbons (Fsp3) is 0.538. The summed E-state index contributed by atoms with van der Waals surface area (Å²) in [6, 6.07) is 5.14. The Hall–Kier alpha value is -0.640. The maximum atomic E-state index is 13.3. The van der Waals surface area contributed by atoms with E-state index < -0.39 is 0 Å². The third kappa shape index (κ3) is 6.01. The Morgan fingerprint density at radius 1 is 1.29 bits per heavy atom. The van der Waals surface area contributed by atoms with Gasteiger partial charge in [0.1, 0.15) is 5.82 Å². The zero-order valence-corrected chi connectivity index (χ0v) is 11.1. The van der Waals surface area contributed by atoms with E-state index in [1.165, 1.54) is 6.07 Å². The van der Waals surface area contributed by atoms with Crippen LogP contribution in [0.25, 0.3) is 0 Å². The summed E-state index contributed by atoms with van der Waals surface area (Å²) in [6.45, 7) is 6.60. The summed E-state index contributed by atoms with van der Waals surface area (Å²) in [6.07, 6.45) is 1.03. The largest absolute Gasteiger partial charge is 0.314 e. The van der Waals surface area contributed by atoms with Crippen molar-refractivity contribution in [3.05, 3.63) is 34.6 Å². The number of benzene rings is 1. The molecule has 4 heteroatoms. The molecule has 2 nitrogen and oxygen atoms in total. The van der Waals surface area contributed by atoms with Gasteiger partial charge in [-0.05, 0) is 37.7 Å². The van der Waals surface area contributed by atoms with Crippen molar-refractivity contribution in [1.29, 1.82) is 0 Å². The molecule has 2 N–H and O–H groups in total. The Labute approximate surface area is 108 Å². The van der Waals surface area contributed by atoms with Gasteiger partial charge in [-0.2, -0.15) is 0 Å². The van der Waals surface area contributed by atoms with Crippen LogP contribution in [0.1, 0.15) is 25.8 Å². The van der Waals surface area contributed by atoms with Gasteiger partial charge in [0.15, 0.2) is 0 Å². The van der Waals surface area contributed by atoms with Gasteiger partial charge >= 0.3 is 0 Å². The number of nitrogens with one attached hydrogen (secondary N) is 2. The molecular formula is C13H20ClFN2. The highest BCUT2D eigenvalue weighted by molar-refractivity contribution is 6.30. The summed E-state index contributed by atoms with van der Waals surface area (Å²) in [5.41, 5.74) is 0.620. The lowest BCUT2D eigenvalue weighted by molar-refractivity contribution is 0.539. The molecule has 1 aromatic rings. The zero-order valence-electron chi connectivity index (χ0n) is 10.4. The number of hydrogen-bond acceptors (Lipinski definition) is 2. The fourth-order valence-electron chi connectivity index (χ4n) is 1.51. The molecule has 0 saturated heterocycles. The van der Waals surface area contributed by atoms with E-state index in [9.17, 15) is 4.39 Å². The highest BCUT2D eigenvalue weighted by Crippen LogP contribution is 2.14. The second-order valence-corrected chi connectivity index (χ2v) is 4.81. The van der Waals surface area contributed by atoms with Crippen molar-refractivity contribution in [2.45, 2.75) is 32.9 Å². The van der Waals surface area contributed by atoms with Crippen molar-refractivity contribution in [3.63, 3.8) is 0 Å². The average molecular weight is 259 g/mol. The van der Waals surface area contributed by atoms with Gasteiger partial charge in [-0.1, -0.05) is 25.4 Å². The molecule has 0 fully saturated rings. The van der Waals surface area contributed by atoms with E-state index in [4.69, 9.17) is 11.6 Å². The lowest BCUT2D eigenvalue weighted by Crippen LogP contribution is -2.26. The topological polar surface area (TPSA) is 24.1 Å². The first-order valence-corrected chi connectivity index (χ1v) is 6.35. The normalized spacial score (nSPS) is 11.1. The second kappa shape index (κ2) is 7.64. The Morgan fingerprint density at radius 3 is 2.76 bits per heavy atom. The molecule has 0 saturated carbocycles. The first-order valence-electron chi connectivity index (χ1n) is 5.97. The van der Waals surface area contributed by atoms with Crippen molar-refractivity contribution >= 4 is 11.6 Å². The predicted octanol–water partition coefficient (Wildman–Crippen LogP) is 2.96. The lowest BCUT2D eigenvalue weighted by atomic mass is 10.2. The van der Waals surface area contributed by atoms with Crippen LogP contribution in [-0.4, -0.2) is 19.1 Å². The fourth-order valence-corrected chi connectivity index (χ4v) is 1.70. The standard InChI is InChI=1S/C13H20ClFN2/c1-10(2)17-7-3-6-16-9-11-8-12(14)4-5-13(11)15/h4-5,8,10,16-17H,3,6-7,9H2,1-2H3. The Balaban J connectivity index is 2.20. The molecule has 1 aromatic carbocycles. The van der Waals surface area contributed by atoms with E-state index in [0.717, 1.165) is 19.5 Å². The Morgan fingerprint density at radius 2 is 2.06 bits per heavy atom. The first kappa shape index (κ1) is 14.4. The highest BCUT2D eigenvalue weighted by atomic mass is 35.5. The SMILES string of the molecule is CC(C)NCCCNCc1cc(Cl)ccc1F. The molecular weight excluding hydrogens is 239 g/mol. The third-order valence-corrected chi connectivity index (χ3v) is 2.64. The van der Waals surface area contributed by atoms with Crippen LogP contribution in [0.15, 0.2) is 18.2 Å². The minimum Gasteiger partial charge on any atom is -0.314 e. The van der Waals surface area contributed by atoms with Crippen LogP contribution in [0.3, 0.4) is 0 Å². The molecule has 0 aliphatic rings. The number of hydrogen-bond donors (Lipinski definition) is 2. The smallest absolute Gasteiger partial charge is 0.127 e. The van der Waals surface area contributed by atoms with Crippen LogP contribution >= 0.6 is 11.6 Å². The highest BCUT2D eigenvalue weighted by Gasteiger charge is 2.02. The van der Waals surface area contributed by atoms with Crippen LogP contribution in [0.4, 0.5) is 4.39 Å². The Bertz CT molecular complexity index is 342. The average Bonchev–Trinajstić information content (AvgIpc) is 2.27. The summed E-state index contributed by atoms with van der Waals surface area (Å²) in [5, 5.41) is 7.11. The maximum Gasteiger partial charge on any atom is 0.127 e. The summed E-state index contributed by atoms with van der Waals surface area (Å²) in [7, 11) is 0. The molecule has 0 spiro atoms. The van der Waals surface area contributed by atoms with Crippen molar-refractivity contribution in [3.8, 4) is 0 Å². The summed E-state index contributed by atoms with van der Waals surface area (Å²) in [5.74, 6) is -0.206. The molecule has 0 aliphatic carbocycles. The van der Waals surface area contributed by atoms with E-state index >= 15 is 0 Å². The molecule has 0 amide bonds. The van der Waals surface area contributed by atoms with Gasteiger partial charge in [-0.25, -0.2) is 4.39 Å². The van der Waals surface area contributed by atoms with Gasteiger partial charge < -0.3 is 10.6 Å². The van der Waals surface area contributed by atoms with E-state index in [-0.39, 0.29) is 5.82 Å². The maximum absolute atomic E-state index is 13.3. The predicted molar refractivity (Wildman–Crippen MR) is 70.9 cm³/mol. The third-order valence-electron chi connectivity index (χ3n) is 2.41. The monoisotopic (exact) mass is 258 g/mol. The van der Waals surface area contributed by atoms with Gasteiger partial charge in [0.25, 0.3) is 0 Å². The van der Waals surface area contributed by atoms with Gasteiger partial charge in [-0.15, -0.1) is 0 Å². The van der Waals surface area contributed by atoms with Crippen molar-refractivity contribution < 1.29 is 4.39 Å². The van der Waals surface area contributed by atoms with E-state index in [1.54, 1.807) is 12.1 Å². The summed E-state index contributed by atoms with van der Waals surface area (Å²) < 4.78 is 13.3. The first-order chi connectivity index (χ1) is 8.09. The molecule has 1 rings (SSSR count). The molecule has 96 valence electrons. The molecule has 0 heterocycles. The van der Waals surface area contributed by atoms with Gasteiger partial charge in [0, 0.05) is 23.2 Å². The number of halogens is 2. The van der Waals surface area contributed by atoms with E-state index in [1.807, 2.05) is 0 Å². The van der Waals surface area contributed by atoms with Crippen molar-refractivity contribution in [2.24, 2.45) is 0 Å². The molecule has 0 aromatic heterocycles. The molecule has 0 bridgehead atoms. The quantitative estimate of drug-likeness (QED) is 0.735. The molecule has 17 heavy (non-hydrogen) atoms. The Kier molecular flexibility index (Phi) is 6.48. The minimum absolute atomic E-state index is 0.206. The lowest BCUT2D eigenvalue weighted by Gasteiger charge is -2.09. The van der Waals surface area contributed by atoms with Crippen LogP contribution in [0.2, 0.25) is 5.02 Å². The van der Waals surface area contributed by atoms with Crippen molar-refractivity contribution in [2.75, 3.05) is 13.1 Å². The van der Waals surface area contributed by atoms with Crippen LogP contribution < -0.4 is 10.6 Å². The van der Waals surface area contributed by atoms with Crippen LogP contribution in [0.5, 0.6) is 0 Å². The van der Waals surface area contributed by atoms with Gasteiger partial charge in [0.05, 0.1) is 0 Å². The molecule has 0 atom stereocenters. The van der Waals surface area contributed by atoms with E-state index in [2.05, 4.69) is 24.5 Å². The molecule has 0 radical (unpaired) electrons.